The minimum atomic E-state index is -3.60. The van der Waals surface area contributed by atoms with Crippen LogP contribution >= 0.6 is 15.9 Å². The van der Waals surface area contributed by atoms with Crippen LogP contribution in [0, 0.1) is 12.7 Å². The molecular formula is C22H24BrFN2O2S. The first kappa shape index (κ1) is 20.6. The molecule has 0 bridgehead atoms. The van der Waals surface area contributed by atoms with E-state index in [9.17, 15) is 12.8 Å². The molecule has 0 amide bonds. The molecule has 1 fully saturated rings. The van der Waals surface area contributed by atoms with Crippen LogP contribution in [0.25, 0.3) is 0 Å². The third kappa shape index (κ3) is 3.53. The van der Waals surface area contributed by atoms with E-state index in [-0.39, 0.29) is 23.3 Å². The Balaban J connectivity index is 1.62. The summed E-state index contributed by atoms with van der Waals surface area (Å²) in [5, 5.41) is 3.35. The average molecular weight is 479 g/mol. The van der Waals surface area contributed by atoms with Gasteiger partial charge >= 0.3 is 0 Å². The maximum Gasteiger partial charge on any atom is 0.240 e. The third-order valence-corrected chi connectivity index (χ3v) is 8.13. The van der Waals surface area contributed by atoms with Gasteiger partial charge in [-0.2, -0.15) is 0 Å². The van der Waals surface area contributed by atoms with Crippen LogP contribution in [0.3, 0.4) is 0 Å². The van der Waals surface area contributed by atoms with Crippen LogP contribution in [-0.2, 0) is 15.4 Å². The van der Waals surface area contributed by atoms with Crippen molar-refractivity contribution in [2.75, 3.05) is 11.9 Å². The Hall–Kier alpha value is -1.70. The normalized spacial score (nSPS) is 23.4. The van der Waals surface area contributed by atoms with Crippen molar-refractivity contribution in [3.63, 3.8) is 0 Å². The quantitative estimate of drug-likeness (QED) is 0.591. The van der Waals surface area contributed by atoms with E-state index in [1.807, 2.05) is 13.0 Å². The van der Waals surface area contributed by atoms with Crippen LogP contribution in [-0.4, -0.2) is 21.0 Å². The summed E-state index contributed by atoms with van der Waals surface area (Å²) in [7, 11) is -3.60. The Kier molecular flexibility index (Phi) is 5.34. The number of anilines is 1. The maximum absolute atomic E-state index is 14.6. The largest absolute Gasteiger partial charge is 0.378 e. The van der Waals surface area contributed by atoms with Crippen LogP contribution in [0.5, 0.6) is 0 Å². The van der Waals surface area contributed by atoms with Gasteiger partial charge in [-0.1, -0.05) is 45.8 Å². The number of halogens is 2. The Morgan fingerprint density at radius 2 is 2.03 bits per heavy atom. The van der Waals surface area contributed by atoms with Crippen LogP contribution in [0.15, 0.2) is 57.9 Å². The molecule has 2 aromatic carbocycles. The summed E-state index contributed by atoms with van der Waals surface area (Å²) >= 11 is 3.40. The smallest absolute Gasteiger partial charge is 0.240 e. The van der Waals surface area contributed by atoms with Crippen LogP contribution in [0.2, 0.25) is 0 Å². The molecule has 1 saturated carbocycles. The lowest BCUT2D eigenvalue weighted by Crippen LogP contribution is -2.45. The first-order valence-corrected chi connectivity index (χ1v) is 12.0. The van der Waals surface area contributed by atoms with E-state index in [0.29, 0.717) is 16.6 Å². The van der Waals surface area contributed by atoms with Gasteiger partial charge in [-0.3, -0.25) is 0 Å². The highest BCUT2D eigenvalue weighted by molar-refractivity contribution is 9.10. The van der Waals surface area contributed by atoms with Crippen molar-refractivity contribution < 1.29 is 12.8 Å². The van der Waals surface area contributed by atoms with E-state index in [2.05, 4.69) is 32.5 Å². The van der Waals surface area contributed by atoms with Crippen LogP contribution in [0.4, 0.5) is 10.1 Å². The van der Waals surface area contributed by atoms with Gasteiger partial charge in [0.1, 0.15) is 5.82 Å². The zero-order valence-electron chi connectivity index (χ0n) is 16.3. The zero-order valence-corrected chi connectivity index (χ0v) is 18.7. The van der Waals surface area contributed by atoms with E-state index < -0.39 is 15.4 Å². The lowest BCUT2D eigenvalue weighted by Gasteiger charge is -2.42. The number of hydrogen-bond donors (Lipinski definition) is 2. The van der Waals surface area contributed by atoms with Gasteiger partial charge in [0.2, 0.25) is 10.0 Å². The van der Waals surface area contributed by atoms with Gasteiger partial charge in [0.25, 0.3) is 0 Å². The number of benzene rings is 2. The van der Waals surface area contributed by atoms with Crippen molar-refractivity contribution in [3.8, 4) is 0 Å². The molecule has 0 aromatic heterocycles. The van der Waals surface area contributed by atoms with E-state index in [1.165, 1.54) is 6.07 Å². The highest BCUT2D eigenvalue weighted by Gasteiger charge is 2.50. The Morgan fingerprint density at radius 1 is 1.31 bits per heavy atom. The highest BCUT2D eigenvalue weighted by Crippen LogP contribution is 2.54. The Morgan fingerprint density at radius 3 is 2.76 bits per heavy atom. The van der Waals surface area contributed by atoms with Gasteiger partial charge < -0.3 is 5.32 Å². The van der Waals surface area contributed by atoms with E-state index in [0.717, 1.165) is 36.0 Å². The summed E-state index contributed by atoms with van der Waals surface area (Å²) in [4.78, 5) is 0.248. The molecular weight excluding hydrogens is 455 g/mol. The molecule has 2 aliphatic rings. The van der Waals surface area contributed by atoms with Crippen molar-refractivity contribution in [2.24, 2.45) is 0 Å². The summed E-state index contributed by atoms with van der Waals surface area (Å²) in [6.07, 6.45) is 3.27. The molecule has 154 valence electrons. The van der Waals surface area contributed by atoms with E-state index in [1.54, 1.807) is 24.3 Å². The monoisotopic (exact) mass is 478 g/mol. The minimum Gasteiger partial charge on any atom is -0.378 e. The molecule has 4 rings (SSSR count). The maximum atomic E-state index is 14.6. The van der Waals surface area contributed by atoms with Gasteiger partial charge in [0.15, 0.2) is 0 Å². The number of hydrogen-bond acceptors (Lipinski definition) is 3. The number of rotatable bonds is 5. The van der Waals surface area contributed by atoms with Gasteiger partial charge in [-0.05, 0) is 62.4 Å². The highest BCUT2D eigenvalue weighted by atomic mass is 79.9. The lowest BCUT2D eigenvalue weighted by atomic mass is 9.63. The predicted octanol–water partition coefficient (Wildman–Crippen LogP) is 5.04. The van der Waals surface area contributed by atoms with Crippen molar-refractivity contribution in [3.05, 3.63) is 70.0 Å². The fourth-order valence-electron chi connectivity index (χ4n) is 4.72. The molecule has 29 heavy (non-hydrogen) atoms. The second-order valence-corrected chi connectivity index (χ2v) is 10.6. The molecule has 0 saturated heterocycles. The molecule has 0 spiro atoms. The Bertz CT molecular complexity index is 1070. The fraction of sp³-hybridized carbons (Fsp3) is 0.364. The molecule has 0 unspecified atom stereocenters. The lowest BCUT2D eigenvalue weighted by molar-refractivity contribution is 0.344. The van der Waals surface area contributed by atoms with E-state index >= 15 is 0 Å². The van der Waals surface area contributed by atoms with Gasteiger partial charge in [0, 0.05) is 22.5 Å². The molecule has 2 N–H and O–H groups in total. The first-order chi connectivity index (χ1) is 13.7. The van der Waals surface area contributed by atoms with Gasteiger partial charge in [-0.15, -0.1) is 0 Å². The summed E-state index contributed by atoms with van der Waals surface area (Å²) in [6, 6.07) is 10.2. The molecule has 1 aliphatic heterocycles. The summed E-state index contributed by atoms with van der Waals surface area (Å²) in [5.41, 5.74) is 2.95. The zero-order chi connectivity index (χ0) is 20.8. The SMILES string of the molecule is C=C1CCC[C@@H]2Nc3c(F)cc(Br)cc3[C@]12CCNS(=O)(=O)c1ccc(C)cc1. The van der Waals surface area contributed by atoms with Crippen molar-refractivity contribution >= 4 is 31.6 Å². The first-order valence-electron chi connectivity index (χ1n) is 9.75. The number of fused-ring (bicyclic) bond motifs is 3. The molecule has 7 heteroatoms. The van der Waals surface area contributed by atoms with Gasteiger partial charge in [0.05, 0.1) is 10.6 Å². The second-order valence-electron chi connectivity index (χ2n) is 7.94. The molecule has 1 aliphatic carbocycles. The number of aryl methyl sites for hydroxylation is 1. The molecule has 4 nitrogen and oxygen atoms in total. The fourth-order valence-corrected chi connectivity index (χ4v) is 6.19. The minimum absolute atomic E-state index is 0.0198. The standard InChI is InChI=1S/C22H24BrFN2O2S/c1-14-6-8-17(9-7-14)29(27,28)25-11-10-22-15(2)4-3-5-20(22)26-21-18(22)12-16(23)13-19(21)24/h6-9,12-13,20,25-26H,2-5,10-11H2,1H3/t20-,22-/m0/s1. The number of sulfonamides is 1. The van der Waals surface area contributed by atoms with Crippen molar-refractivity contribution in [1.82, 2.24) is 4.72 Å². The van der Waals surface area contributed by atoms with Crippen LogP contribution in [0.1, 0.15) is 36.8 Å². The van der Waals surface area contributed by atoms with Crippen LogP contribution < -0.4 is 10.0 Å². The summed E-state index contributed by atoms with van der Waals surface area (Å²) in [5.74, 6) is -0.295. The summed E-state index contributed by atoms with van der Waals surface area (Å²) < 4.78 is 43.4. The molecule has 0 radical (unpaired) electrons. The molecule has 2 aromatic rings. The van der Waals surface area contributed by atoms with Crippen molar-refractivity contribution in [1.29, 1.82) is 0 Å². The Labute approximate surface area is 179 Å². The van der Waals surface area contributed by atoms with E-state index in [4.69, 9.17) is 0 Å². The summed E-state index contributed by atoms with van der Waals surface area (Å²) in [6.45, 7) is 6.48. The predicted molar refractivity (Wildman–Crippen MR) is 117 cm³/mol. The number of nitrogens with one attached hydrogen (secondary N) is 2. The second kappa shape index (κ2) is 7.52. The van der Waals surface area contributed by atoms with Crippen molar-refractivity contribution in [2.45, 2.75) is 49.0 Å². The topological polar surface area (TPSA) is 58.2 Å². The molecule has 1 heterocycles. The molecule has 2 atom stereocenters. The average Bonchev–Trinajstić information content (AvgIpc) is 2.98. The third-order valence-electron chi connectivity index (χ3n) is 6.19. The van der Waals surface area contributed by atoms with Gasteiger partial charge in [-0.25, -0.2) is 17.5 Å².